The number of aromatic nitrogens is 1. The molecule has 1 fully saturated rings. The van der Waals surface area contributed by atoms with Crippen molar-refractivity contribution in [2.75, 3.05) is 25.0 Å². The predicted molar refractivity (Wildman–Crippen MR) is 119 cm³/mol. The first-order chi connectivity index (χ1) is 15.9. The van der Waals surface area contributed by atoms with E-state index < -0.39 is 43.3 Å². The molecule has 0 aliphatic carbocycles. The molecule has 2 N–H and O–H groups in total. The van der Waals surface area contributed by atoms with Crippen LogP contribution in [0.3, 0.4) is 0 Å². The maximum atomic E-state index is 13.6. The van der Waals surface area contributed by atoms with Gasteiger partial charge in [0.25, 0.3) is 11.8 Å². The molecule has 1 aromatic heterocycles. The highest BCUT2D eigenvalue weighted by atomic mass is 19.3. The van der Waals surface area contributed by atoms with Gasteiger partial charge in [-0.05, 0) is 42.2 Å². The molecule has 3 heterocycles. The number of halogens is 2. The number of hydrogen-bond acceptors (Lipinski definition) is 5. The molecule has 1 atom stereocenters. The molecule has 9 heteroatoms. The Bertz CT molecular complexity index is 1140. The topological polar surface area (TPSA) is 98.1 Å². The monoisotopic (exact) mass is 451 g/mol. The standard InChI is InChI=1S/C24H23F2N5O2/c25-24(26)11-19(12-27)31(15-24)22(32)14-30-23(33)20-7-9-28-13-18(20)5-3-16-4-6-21-17(10-16)2-1-8-29-21/h3-7,9-10,13,19,29H,1-2,8,11,14-15H2,(H,30,33). The van der Waals surface area contributed by atoms with Crippen LogP contribution in [-0.4, -0.2) is 53.3 Å². The maximum Gasteiger partial charge on any atom is 0.268 e. The van der Waals surface area contributed by atoms with E-state index in [1.165, 1.54) is 17.8 Å². The second kappa shape index (κ2) is 9.36. The minimum Gasteiger partial charge on any atom is -0.385 e. The number of anilines is 1. The third kappa shape index (κ3) is 5.17. The van der Waals surface area contributed by atoms with Gasteiger partial charge in [0, 0.05) is 42.2 Å². The zero-order valence-corrected chi connectivity index (χ0v) is 17.9. The summed E-state index contributed by atoms with van der Waals surface area (Å²) in [5.74, 6) is -4.35. The third-order valence-corrected chi connectivity index (χ3v) is 5.76. The zero-order valence-electron chi connectivity index (χ0n) is 17.9. The van der Waals surface area contributed by atoms with E-state index in [-0.39, 0.29) is 0 Å². The van der Waals surface area contributed by atoms with Gasteiger partial charge in [-0.15, -0.1) is 0 Å². The average Bonchev–Trinajstić information content (AvgIpc) is 3.15. The SMILES string of the molecule is N#CC1CC(F)(F)CN1C(=O)CNC(=O)c1ccncc1C=Cc1ccc2c(c1)CCCN2. The summed E-state index contributed by atoms with van der Waals surface area (Å²) in [6.07, 6.45) is 8.06. The molecule has 4 rings (SSSR count). The predicted octanol–water partition coefficient (Wildman–Crippen LogP) is 3.10. The molecule has 33 heavy (non-hydrogen) atoms. The molecule has 7 nitrogen and oxygen atoms in total. The highest BCUT2D eigenvalue weighted by Gasteiger charge is 2.47. The summed E-state index contributed by atoms with van der Waals surface area (Å²) in [4.78, 5) is 29.9. The zero-order chi connectivity index (χ0) is 23.4. The number of alkyl halides is 2. The number of fused-ring (bicyclic) bond motifs is 1. The Kier molecular flexibility index (Phi) is 6.36. The number of nitrogens with one attached hydrogen (secondary N) is 2. The molecule has 1 saturated heterocycles. The Morgan fingerprint density at radius 1 is 1.33 bits per heavy atom. The van der Waals surface area contributed by atoms with Crippen LogP contribution in [-0.2, 0) is 11.2 Å². The summed E-state index contributed by atoms with van der Waals surface area (Å²) in [5, 5.41) is 14.9. The number of nitriles is 1. The van der Waals surface area contributed by atoms with Crippen molar-refractivity contribution in [1.82, 2.24) is 15.2 Å². The summed E-state index contributed by atoms with van der Waals surface area (Å²) in [7, 11) is 0. The van der Waals surface area contributed by atoms with Crippen LogP contribution in [0.4, 0.5) is 14.5 Å². The highest BCUT2D eigenvalue weighted by Crippen LogP contribution is 2.31. The summed E-state index contributed by atoms with van der Waals surface area (Å²) in [6.45, 7) is -0.327. The van der Waals surface area contributed by atoms with E-state index >= 15 is 0 Å². The molecule has 2 aliphatic rings. The van der Waals surface area contributed by atoms with Gasteiger partial charge >= 0.3 is 0 Å². The second-order valence-corrected chi connectivity index (χ2v) is 8.15. The van der Waals surface area contributed by atoms with E-state index in [0.29, 0.717) is 11.1 Å². The van der Waals surface area contributed by atoms with E-state index in [1.54, 1.807) is 18.3 Å². The molecule has 1 unspecified atom stereocenters. The van der Waals surface area contributed by atoms with Crippen LogP contribution >= 0.6 is 0 Å². The van der Waals surface area contributed by atoms with Gasteiger partial charge in [-0.2, -0.15) is 5.26 Å². The van der Waals surface area contributed by atoms with Crippen molar-refractivity contribution in [3.05, 3.63) is 58.9 Å². The van der Waals surface area contributed by atoms with Crippen LogP contribution in [0, 0.1) is 11.3 Å². The number of carbonyl (C=O) groups excluding carboxylic acids is 2. The summed E-state index contributed by atoms with van der Waals surface area (Å²) in [6, 6.07) is 8.17. The maximum absolute atomic E-state index is 13.6. The normalized spacial score (nSPS) is 18.9. The molecule has 0 radical (unpaired) electrons. The number of likely N-dealkylation sites (tertiary alicyclic amines) is 1. The molecule has 170 valence electrons. The van der Waals surface area contributed by atoms with E-state index in [1.807, 2.05) is 18.2 Å². The second-order valence-electron chi connectivity index (χ2n) is 8.15. The van der Waals surface area contributed by atoms with Gasteiger partial charge < -0.3 is 15.5 Å². The largest absolute Gasteiger partial charge is 0.385 e. The molecule has 0 saturated carbocycles. The first kappa shape index (κ1) is 22.4. The minimum absolute atomic E-state index is 0.303. The fraction of sp³-hybridized carbons (Fsp3) is 0.333. The van der Waals surface area contributed by atoms with Crippen LogP contribution < -0.4 is 10.6 Å². The van der Waals surface area contributed by atoms with E-state index in [4.69, 9.17) is 5.26 Å². The number of amides is 2. The average molecular weight is 451 g/mol. The lowest BCUT2D eigenvalue weighted by Crippen LogP contribution is -2.43. The van der Waals surface area contributed by atoms with Gasteiger partial charge in [0.15, 0.2) is 0 Å². The van der Waals surface area contributed by atoms with Gasteiger partial charge in [-0.1, -0.05) is 18.2 Å². The van der Waals surface area contributed by atoms with Gasteiger partial charge in [-0.25, -0.2) is 8.78 Å². The van der Waals surface area contributed by atoms with E-state index in [2.05, 4.69) is 21.7 Å². The number of hydrogen-bond donors (Lipinski definition) is 2. The van der Waals surface area contributed by atoms with Crippen molar-refractivity contribution < 1.29 is 18.4 Å². The van der Waals surface area contributed by atoms with Crippen molar-refractivity contribution in [1.29, 1.82) is 5.26 Å². The number of aryl methyl sites for hydroxylation is 1. The highest BCUT2D eigenvalue weighted by molar-refractivity contribution is 6.00. The Hall–Kier alpha value is -3.80. The Morgan fingerprint density at radius 3 is 3.00 bits per heavy atom. The van der Waals surface area contributed by atoms with Gasteiger partial charge in [0.2, 0.25) is 5.91 Å². The first-order valence-electron chi connectivity index (χ1n) is 10.7. The third-order valence-electron chi connectivity index (χ3n) is 5.76. The Balaban J connectivity index is 1.43. The smallest absolute Gasteiger partial charge is 0.268 e. The van der Waals surface area contributed by atoms with Crippen molar-refractivity contribution in [3.8, 4) is 6.07 Å². The fourth-order valence-electron chi connectivity index (χ4n) is 4.08. The van der Waals surface area contributed by atoms with Gasteiger partial charge in [0.05, 0.1) is 19.2 Å². The first-order valence-corrected chi connectivity index (χ1v) is 10.7. The molecular formula is C24H23F2N5O2. The summed E-state index contributed by atoms with van der Waals surface area (Å²) in [5.41, 5.74) is 4.23. The minimum atomic E-state index is -3.10. The van der Waals surface area contributed by atoms with Crippen LogP contribution in [0.25, 0.3) is 12.2 Å². The van der Waals surface area contributed by atoms with Crippen LogP contribution in [0.2, 0.25) is 0 Å². The van der Waals surface area contributed by atoms with Crippen molar-refractivity contribution in [2.24, 2.45) is 0 Å². The lowest BCUT2D eigenvalue weighted by Gasteiger charge is -2.19. The summed E-state index contributed by atoms with van der Waals surface area (Å²) >= 11 is 0. The Morgan fingerprint density at radius 2 is 2.18 bits per heavy atom. The lowest BCUT2D eigenvalue weighted by atomic mass is 10.00. The number of carbonyl (C=O) groups is 2. The van der Waals surface area contributed by atoms with Gasteiger partial charge in [-0.3, -0.25) is 14.6 Å². The number of pyridine rings is 1. The molecule has 2 amide bonds. The number of rotatable bonds is 5. The number of benzene rings is 1. The summed E-state index contributed by atoms with van der Waals surface area (Å²) < 4.78 is 27.2. The van der Waals surface area contributed by atoms with Crippen molar-refractivity contribution in [2.45, 2.75) is 31.2 Å². The van der Waals surface area contributed by atoms with Crippen LogP contribution in [0.5, 0.6) is 0 Å². The van der Waals surface area contributed by atoms with Crippen molar-refractivity contribution >= 4 is 29.7 Å². The van der Waals surface area contributed by atoms with Gasteiger partial charge in [0.1, 0.15) is 6.04 Å². The molecule has 0 spiro atoms. The molecule has 1 aromatic carbocycles. The van der Waals surface area contributed by atoms with E-state index in [9.17, 15) is 18.4 Å². The molecule has 2 aliphatic heterocycles. The van der Waals surface area contributed by atoms with Crippen LogP contribution in [0.15, 0.2) is 36.7 Å². The Labute approximate surface area is 190 Å². The van der Waals surface area contributed by atoms with Crippen LogP contribution in [0.1, 0.15) is 39.9 Å². The quantitative estimate of drug-likeness (QED) is 0.728. The number of nitrogens with zero attached hydrogens (tertiary/aromatic N) is 3. The molecular weight excluding hydrogens is 428 g/mol. The van der Waals surface area contributed by atoms with E-state index in [0.717, 1.165) is 35.5 Å². The lowest BCUT2D eigenvalue weighted by molar-refractivity contribution is -0.131. The fourth-order valence-corrected chi connectivity index (χ4v) is 4.08. The molecule has 0 bridgehead atoms. The van der Waals surface area contributed by atoms with Crippen molar-refractivity contribution in [3.63, 3.8) is 0 Å². The molecule has 2 aromatic rings.